The highest BCUT2D eigenvalue weighted by Gasteiger charge is 2.15. The zero-order valence-corrected chi connectivity index (χ0v) is 22.8. The molecule has 0 aliphatic carbocycles. The van der Waals surface area contributed by atoms with E-state index in [9.17, 15) is 0 Å². The minimum absolute atomic E-state index is 0.668. The normalized spacial score (nSPS) is 11.4. The third-order valence-electron chi connectivity index (χ3n) is 7.54. The molecule has 41 heavy (non-hydrogen) atoms. The molecule has 0 aliphatic heterocycles. The number of thiophene rings is 1. The Bertz CT molecular complexity index is 2170. The van der Waals surface area contributed by atoms with Crippen molar-refractivity contribution in [2.75, 3.05) is 0 Å². The number of aromatic nitrogens is 3. The molecule has 0 fully saturated rings. The number of benzene rings is 6. The van der Waals surface area contributed by atoms with Gasteiger partial charge >= 0.3 is 0 Å². The number of nitrogens with zero attached hydrogens (tertiary/aromatic N) is 3. The highest BCUT2D eigenvalue weighted by molar-refractivity contribution is 7.22. The summed E-state index contributed by atoms with van der Waals surface area (Å²) in [6, 6.07) is 48.8. The van der Waals surface area contributed by atoms with Crippen LogP contribution in [-0.4, -0.2) is 15.0 Å². The zero-order valence-electron chi connectivity index (χ0n) is 22.0. The predicted octanol–water partition coefficient (Wildman–Crippen LogP) is 10.1. The first-order valence-electron chi connectivity index (χ1n) is 13.6. The minimum Gasteiger partial charge on any atom is -0.208 e. The van der Waals surface area contributed by atoms with Crippen molar-refractivity contribution in [3.63, 3.8) is 0 Å². The van der Waals surface area contributed by atoms with Crippen molar-refractivity contribution in [2.24, 2.45) is 0 Å². The Hall–Kier alpha value is -5.19. The number of hydrogen-bond donors (Lipinski definition) is 0. The molecule has 0 aliphatic rings. The van der Waals surface area contributed by atoms with Crippen LogP contribution in [0.5, 0.6) is 0 Å². The molecule has 3 nitrogen and oxygen atoms in total. The largest absolute Gasteiger partial charge is 0.208 e. The SMILES string of the molecule is c1ccc(-c2nc(-c3ccc(-c4cc5ccccc5c5ccccc45)cc3)nc(-c3cc4ccccc4s3)n2)cc1. The van der Waals surface area contributed by atoms with Crippen LogP contribution in [0.4, 0.5) is 0 Å². The van der Waals surface area contributed by atoms with Crippen molar-refractivity contribution >= 4 is 43.0 Å². The van der Waals surface area contributed by atoms with Gasteiger partial charge in [-0.1, -0.05) is 121 Å². The second kappa shape index (κ2) is 9.77. The van der Waals surface area contributed by atoms with Gasteiger partial charge in [-0.3, -0.25) is 0 Å². The molecule has 0 atom stereocenters. The standard InChI is InChI=1S/C37H23N3S/c1-2-10-25(11-3-1)35-38-36(40-37(39-35)34-23-28-13-5-9-17-33(28)41-34)26-20-18-24(19-21-26)32-22-27-12-4-6-14-29(27)30-15-7-8-16-31(30)32/h1-23H. The van der Waals surface area contributed by atoms with Crippen molar-refractivity contribution in [1.82, 2.24) is 15.0 Å². The van der Waals surface area contributed by atoms with E-state index in [1.54, 1.807) is 11.3 Å². The van der Waals surface area contributed by atoms with Crippen LogP contribution in [0.3, 0.4) is 0 Å². The third-order valence-corrected chi connectivity index (χ3v) is 8.65. The van der Waals surface area contributed by atoms with E-state index < -0.39 is 0 Å². The lowest BCUT2D eigenvalue weighted by Crippen LogP contribution is -1.99. The van der Waals surface area contributed by atoms with Gasteiger partial charge in [0.25, 0.3) is 0 Å². The fourth-order valence-corrected chi connectivity index (χ4v) is 6.51. The molecule has 8 aromatic rings. The highest BCUT2D eigenvalue weighted by atomic mass is 32.1. The first-order chi connectivity index (χ1) is 20.3. The summed E-state index contributed by atoms with van der Waals surface area (Å²) in [4.78, 5) is 15.8. The fourth-order valence-electron chi connectivity index (χ4n) is 5.52. The Morgan fingerprint density at radius 3 is 1.71 bits per heavy atom. The van der Waals surface area contributed by atoms with Crippen molar-refractivity contribution < 1.29 is 0 Å². The number of fused-ring (bicyclic) bond motifs is 4. The van der Waals surface area contributed by atoms with E-state index in [1.165, 1.54) is 37.2 Å². The molecule has 0 saturated heterocycles. The van der Waals surface area contributed by atoms with Crippen LogP contribution in [0, 0.1) is 0 Å². The average molecular weight is 542 g/mol. The maximum atomic E-state index is 4.98. The summed E-state index contributed by atoms with van der Waals surface area (Å²) < 4.78 is 1.22. The quantitative estimate of drug-likeness (QED) is 0.208. The van der Waals surface area contributed by atoms with Gasteiger partial charge in [-0.25, -0.2) is 15.0 Å². The van der Waals surface area contributed by atoms with E-state index >= 15 is 0 Å². The molecule has 0 spiro atoms. The molecule has 0 N–H and O–H groups in total. The van der Waals surface area contributed by atoms with E-state index in [0.29, 0.717) is 17.5 Å². The van der Waals surface area contributed by atoms with E-state index in [-0.39, 0.29) is 0 Å². The molecule has 0 radical (unpaired) electrons. The molecule has 2 heterocycles. The first kappa shape index (κ1) is 23.7. The van der Waals surface area contributed by atoms with Gasteiger partial charge in [-0.2, -0.15) is 0 Å². The summed E-state index contributed by atoms with van der Waals surface area (Å²) >= 11 is 1.71. The van der Waals surface area contributed by atoms with Crippen molar-refractivity contribution in [3.05, 3.63) is 140 Å². The van der Waals surface area contributed by atoms with Gasteiger partial charge in [0.15, 0.2) is 17.5 Å². The Balaban J connectivity index is 1.26. The Labute approximate surface area is 241 Å². The second-order valence-corrected chi connectivity index (χ2v) is 11.2. The van der Waals surface area contributed by atoms with Gasteiger partial charge in [0.1, 0.15) is 0 Å². The summed E-state index contributed by atoms with van der Waals surface area (Å²) in [6.07, 6.45) is 0. The molecule has 2 aromatic heterocycles. The molecule has 4 heteroatoms. The van der Waals surface area contributed by atoms with Crippen LogP contribution in [0.25, 0.3) is 76.2 Å². The topological polar surface area (TPSA) is 38.7 Å². The molecule has 0 bridgehead atoms. The maximum absolute atomic E-state index is 4.98. The molecular formula is C37H23N3S. The van der Waals surface area contributed by atoms with Crippen molar-refractivity contribution in [3.8, 4) is 44.6 Å². The van der Waals surface area contributed by atoms with Gasteiger partial charge in [-0.15, -0.1) is 11.3 Å². The summed E-state index contributed by atoms with van der Waals surface area (Å²) in [5, 5.41) is 6.22. The predicted molar refractivity (Wildman–Crippen MR) is 172 cm³/mol. The molecule has 6 aromatic carbocycles. The van der Waals surface area contributed by atoms with Gasteiger partial charge in [-0.05, 0) is 56.3 Å². The van der Waals surface area contributed by atoms with E-state index in [4.69, 9.17) is 15.0 Å². The fraction of sp³-hybridized carbons (Fsp3) is 0. The highest BCUT2D eigenvalue weighted by Crippen LogP contribution is 2.36. The van der Waals surface area contributed by atoms with Gasteiger partial charge in [0.05, 0.1) is 4.88 Å². The van der Waals surface area contributed by atoms with E-state index in [2.05, 4.69) is 109 Å². The van der Waals surface area contributed by atoms with Gasteiger partial charge in [0.2, 0.25) is 0 Å². The number of rotatable bonds is 4. The minimum atomic E-state index is 0.668. The van der Waals surface area contributed by atoms with Crippen LogP contribution in [0.15, 0.2) is 140 Å². The smallest absolute Gasteiger partial charge is 0.174 e. The van der Waals surface area contributed by atoms with Crippen molar-refractivity contribution in [1.29, 1.82) is 0 Å². The molecule has 8 rings (SSSR count). The van der Waals surface area contributed by atoms with Crippen LogP contribution in [0.1, 0.15) is 0 Å². The maximum Gasteiger partial charge on any atom is 0.174 e. The lowest BCUT2D eigenvalue weighted by atomic mass is 9.93. The van der Waals surface area contributed by atoms with Crippen LogP contribution < -0.4 is 0 Å². The first-order valence-corrected chi connectivity index (χ1v) is 14.4. The molecular weight excluding hydrogens is 518 g/mol. The van der Waals surface area contributed by atoms with E-state index in [0.717, 1.165) is 21.6 Å². The van der Waals surface area contributed by atoms with Crippen LogP contribution >= 0.6 is 11.3 Å². The van der Waals surface area contributed by atoms with Gasteiger partial charge < -0.3 is 0 Å². The summed E-state index contributed by atoms with van der Waals surface area (Å²) in [6.45, 7) is 0. The third kappa shape index (κ3) is 4.26. The summed E-state index contributed by atoms with van der Waals surface area (Å²) in [5.41, 5.74) is 4.31. The van der Waals surface area contributed by atoms with Crippen molar-refractivity contribution in [2.45, 2.75) is 0 Å². The van der Waals surface area contributed by atoms with Crippen LogP contribution in [0.2, 0.25) is 0 Å². The van der Waals surface area contributed by atoms with Crippen LogP contribution in [-0.2, 0) is 0 Å². The molecule has 192 valence electrons. The average Bonchev–Trinajstić information content (AvgIpc) is 3.49. The Morgan fingerprint density at radius 1 is 0.390 bits per heavy atom. The molecule has 0 saturated carbocycles. The van der Waals surface area contributed by atoms with E-state index in [1.807, 2.05) is 30.3 Å². The zero-order chi connectivity index (χ0) is 27.2. The lowest BCUT2D eigenvalue weighted by Gasteiger charge is -2.12. The Kier molecular flexibility index (Phi) is 5.64. The monoisotopic (exact) mass is 541 g/mol. The lowest BCUT2D eigenvalue weighted by molar-refractivity contribution is 1.08. The molecule has 0 amide bonds. The summed E-state index contributed by atoms with van der Waals surface area (Å²) in [5.74, 6) is 2.04. The van der Waals surface area contributed by atoms with Gasteiger partial charge in [0, 0.05) is 15.8 Å². The summed E-state index contributed by atoms with van der Waals surface area (Å²) in [7, 11) is 0. The molecule has 0 unspecified atom stereocenters. The number of hydrogen-bond acceptors (Lipinski definition) is 4. The second-order valence-electron chi connectivity index (χ2n) is 10.1. The Morgan fingerprint density at radius 2 is 0.951 bits per heavy atom.